The zero-order chi connectivity index (χ0) is 10.6. The van der Waals surface area contributed by atoms with Gasteiger partial charge in [0.2, 0.25) is 0 Å². The molecule has 76 valence electrons. The number of hydrogen-bond donors (Lipinski definition) is 2. The first kappa shape index (κ1) is 10.7. The third-order valence-electron chi connectivity index (χ3n) is 2.22. The Labute approximate surface area is 84.1 Å². The number of Topliss-reactive ketones (excluding diaryl/α,β-unsaturated/α-hetero) is 1. The summed E-state index contributed by atoms with van der Waals surface area (Å²) in [5.41, 5.74) is 12.3. The lowest BCUT2D eigenvalue weighted by atomic mass is 9.96. The summed E-state index contributed by atoms with van der Waals surface area (Å²) >= 11 is 0. The van der Waals surface area contributed by atoms with E-state index in [1.165, 1.54) is 0 Å². The molecule has 3 heteroatoms. The maximum absolute atomic E-state index is 11.8. The lowest BCUT2D eigenvalue weighted by molar-refractivity contribution is 0.0925. The molecule has 0 amide bonds. The molecule has 1 aromatic carbocycles. The van der Waals surface area contributed by atoms with Crippen LogP contribution in [0, 0.1) is 5.92 Å². The molecular formula is C11H16N2O. The summed E-state index contributed by atoms with van der Waals surface area (Å²) in [7, 11) is 0. The molecule has 1 rings (SSSR count). The molecule has 0 aliphatic rings. The minimum Gasteiger partial charge on any atom is -0.399 e. The van der Waals surface area contributed by atoms with Crippen LogP contribution in [0.3, 0.4) is 0 Å². The first-order valence-corrected chi connectivity index (χ1v) is 4.75. The first-order chi connectivity index (χ1) is 6.65. The number of carbonyl (C=O) groups excluding carboxylic acids is 1. The van der Waals surface area contributed by atoms with Gasteiger partial charge >= 0.3 is 0 Å². The molecule has 0 fully saturated rings. The van der Waals surface area contributed by atoms with Crippen molar-refractivity contribution in [1.82, 2.24) is 0 Å². The molecule has 0 aliphatic heterocycles. The summed E-state index contributed by atoms with van der Waals surface area (Å²) in [5, 5.41) is 0. The van der Waals surface area contributed by atoms with Crippen LogP contribution in [0.4, 0.5) is 5.69 Å². The summed E-state index contributed by atoms with van der Waals surface area (Å²) in [4.78, 5) is 11.8. The normalized spacial score (nSPS) is 12.4. The largest absolute Gasteiger partial charge is 0.399 e. The molecule has 1 atom stereocenters. The van der Waals surface area contributed by atoms with Gasteiger partial charge in [0.25, 0.3) is 0 Å². The monoisotopic (exact) mass is 192 g/mol. The minimum atomic E-state index is -0.0261. The summed E-state index contributed by atoms with van der Waals surface area (Å²) < 4.78 is 0. The van der Waals surface area contributed by atoms with Crippen LogP contribution in [0.15, 0.2) is 24.3 Å². The average Bonchev–Trinajstić information content (AvgIpc) is 2.17. The summed E-state index contributed by atoms with van der Waals surface area (Å²) in [6.07, 6.45) is 0.716. The Morgan fingerprint density at radius 3 is 2.79 bits per heavy atom. The van der Waals surface area contributed by atoms with Gasteiger partial charge < -0.3 is 11.5 Å². The van der Waals surface area contributed by atoms with Crippen molar-refractivity contribution < 1.29 is 4.79 Å². The number of ketones is 1. The summed E-state index contributed by atoms with van der Waals surface area (Å²) in [6, 6.07) is 7.04. The third kappa shape index (κ3) is 2.57. The van der Waals surface area contributed by atoms with Crippen LogP contribution < -0.4 is 11.5 Å². The number of benzene rings is 1. The van der Waals surface area contributed by atoms with E-state index in [0.29, 0.717) is 24.2 Å². The molecule has 3 nitrogen and oxygen atoms in total. The van der Waals surface area contributed by atoms with Crippen molar-refractivity contribution >= 4 is 11.5 Å². The summed E-state index contributed by atoms with van der Waals surface area (Å²) in [6.45, 7) is 2.42. The lowest BCUT2D eigenvalue weighted by Gasteiger charge is -2.08. The molecular weight excluding hydrogens is 176 g/mol. The smallest absolute Gasteiger partial charge is 0.165 e. The van der Waals surface area contributed by atoms with Crippen molar-refractivity contribution in [2.75, 3.05) is 12.3 Å². The molecule has 1 aromatic rings. The van der Waals surface area contributed by atoms with Crippen molar-refractivity contribution in [1.29, 1.82) is 0 Å². The second-order valence-corrected chi connectivity index (χ2v) is 3.47. The fraction of sp³-hybridized carbons (Fsp3) is 0.364. The van der Waals surface area contributed by atoms with E-state index in [-0.39, 0.29) is 11.7 Å². The number of nitrogens with two attached hydrogens (primary N) is 2. The fourth-order valence-electron chi connectivity index (χ4n) is 1.36. The Morgan fingerprint density at radius 1 is 1.50 bits per heavy atom. The standard InChI is InChI=1S/C11H16N2O/c1-8(5-6-12)11(14)9-3-2-4-10(13)7-9/h2-4,7-8H,5-6,12-13H2,1H3. The Morgan fingerprint density at radius 2 is 2.21 bits per heavy atom. The van der Waals surface area contributed by atoms with Crippen LogP contribution in [0.1, 0.15) is 23.7 Å². The van der Waals surface area contributed by atoms with Crippen LogP contribution in [0.5, 0.6) is 0 Å². The van der Waals surface area contributed by atoms with E-state index in [2.05, 4.69) is 0 Å². The van der Waals surface area contributed by atoms with Crippen molar-refractivity contribution in [3.8, 4) is 0 Å². The highest BCUT2D eigenvalue weighted by Crippen LogP contribution is 2.13. The van der Waals surface area contributed by atoms with Crippen molar-refractivity contribution in [2.45, 2.75) is 13.3 Å². The van der Waals surface area contributed by atoms with Gasteiger partial charge in [-0.3, -0.25) is 4.79 Å². The van der Waals surface area contributed by atoms with Crippen molar-refractivity contribution in [2.24, 2.45) is 11.7 Å². The molecule has 0 spiro atoms. The highest BCUT2D eigenvalue weighted by molar-refractivity contribution is 5.98. The maximum Gasteiger partial charge on any atom is 0.165 e. The van der Waals surface area contributed by atoms with Crippen LogP contribution >= 0.6 is 0 Å². The van der Waals surface area contributed by atoms with Crippen LogP contribution in [0.25, 0.3) is 0 Å². The SMILES string of the molecule is CC(CCN)C(=O)c1cccc(N)c1. The molecule has 1 unspecified atom stereocenters. The van der Waals surface area contributed by atoms with Gasteiger partial charge in [-0.15, -0.1) is 0 Å². The van der Waals surface area contributed by atoms with Crippen molar-refractivity contribution in [3.63, 3.8) is 0 Å². The number of hydrogen-bond acceptors (Lipinski definition) is 3. The van der Waals surface area contributed by atoms with E-state index in [1.807, 2.05) is 6.92 Å². The molecule has 0 saturated heterocycles. The second kappa shape index (κ2) is 4.77. The number of anilines is 1. The molecule has 0 radical (unpaired) electrons. The van der Waals surface area contributed by atoms with E-state index in [4.69, 9.17) is 11.5 Å². The third-order valence-corrected chi connectivity index (χ3v) is 2.22. The van der Waals surface area contributed by atoms with Gasteiger partial charge in [-0.25, -0.2) is 0 Å². The Balaban J connectivity index is 2.78. The zero-order valence-corrected chi connectivity index (χ0v) is 8.36. The van der Waals surface area contributed by atoms with Gasteiger partial charge in [-0.1, -0.05) is 19.1 Å². The number of rotatable bonds is 4. The number of nitrogen functional groups attached to an aromatic ring is 1. The van der Waals surface area contributed by atoms with Crippen LogP contribution in [-0.2, 0) is 0 Å². The predicted molar refractivity (Wildman–Crippen MR) is 58.0 cm³/mol. The Hall–Kier alpha value is -1.35. The highest BCUT2D eigenvalue weighted by atomic mass is 16.1. The fourth-order valence-corrected chi connectivity index (χ4v) is 1.36. The van der Waals surface area contributed by atoms with Gasteiger partial charge in [-0.2, -0.15) is 0 Å². The van der Waals surface area contributed by atoms with Crippen molar-refractivity contribution in [3.05, 3.63) is 29.8 Å². The van der Waals surface area contributed by atoms with E-state index < -0.39 is 0 Å². The molecule has 4 N–H and O–H groups in total. The molecule has 0 heterocycles. The molecule has 14 heavy (non-hydrogen) atoms. The van der Waals surface area contributed by atoms with Gasteiger partial charge in [-0.05, 0) is 25.1 Å². The minimum absolute atomic E-state index is 0.0261. The Kier molecular flexibility index (Phi) is 3.65. The Bertz CT molecular complexity index is 323. The van der Waals surface area contributed by atoms with Gasteiger partial charge in [0.15, 0.2) is 5.78 Å². The predicted octanol–water partition coefficient (Wildman–Crippen LogP) is 1.44. The van der Waals surface area contributed by atoms with Gasteiger partial charge in [0.05, 0.1) is 0 Å². The first-order valence-electron chi connectivity index (χ1n) is 4.75. The second-order valence-electron chi connectivity index (χ2n) is 3.47. The average molecular weight is 192 g/mol. The van der Waals surface area contributed by atoms with E-state index >= 15 is 0 Å². The van der Waals surface area contributed by atoms with Crippen LogP contribution in [-0.4, -0.2) is 12.3 Å². The molecule has 0 bridgehead atoms. The topological polar surface area (TPSA) is 69.1 Å². The van der Waals surface area contributed by atoms with Crippen LogP contribution in [0.2, 0.25) is 0 Å². The zero-order valence-electron chi connectivity index (χ0n) is 8.36. The molecule has 0 aliphatic carbocycles. The van der Waals surface area contributed by atoms with E-state index in [9.17, 15) is 4.79 Å². The lowest BCUT2D eigenvalue weighted by Crippen LogP contribution is -2.15. The highest BCUT2D eigenvalue weighted by Gasteiger charge is 2.13. The molecule has 0 aromatic heterocycles. The van der Waals surface area contributed by atoms with E-state index in [0.717, 1.165) is 0 Å². The van der Waals surface area contributed by atoms with Gasteiger partial charge in [0, 0.05) is 17.2 Å². The summed E-state index contributed by atoms with van der Waals surface area (Å²) in [5.74, 6) is 0.0875. The molecule has 0 saturated carbocycles. The number of carbonyl (C=O) groups is 1. The maximum atomic E-state index is 11.8. The van der Waals surface area contributed by atoms with Gasteiger partial charge in [0.1, 0.15) is 0 Å². The van der Waals surface area contributed by atoms with E-state index in [1.54, 1.807) is 24.3 Å². The quantitative estimate of drug-likeness (QED) is 0.560.